The largest absolute Gasteiger partial charge is 0.481 e. The molecule has 1 fully saturated rings. The molecule has 1 aromatic heterocycles. The lowest BCUT2D eigenvalue weighted by Crippen LogP contribution is -2.29. The Kier molecular flexibility index (Phi) is 4.90. The van der Waals surface area contributed by atoms with Crippen LogP contribution >= 0.6 is 11.3 Å². The van der Waals surface area contributed by atoms with E-state index in [1.807, 2.05) is 0 Å². The first-order valence-corrected chi connectivity index (χ1v) is 9.32. The number of carbonyl (C=O) groups is 1. The molecule has 1 aromatic carbocycles. The zero-order valence-corrected chi connectivity index (χ0v) is 15.4. The van der Waals surface area contributed by atoms with Gasteiger partial charge in [-0.2, -0.15) is 0 Å². The fourth-order valence-corrected chi connectivity index (χ4v) is 4.67. The third kappa shape index (κ3) is 3.46. The first kappa shape index (κ1) is 17.0. The Balaban J connectivity index is 2.08. The highest BCUT2D eigenvalue weighted by Crippen LogP contribution is 2.37. The van der Waals surface area contributed by atoms with Crippen LogP contribution in [0.5, 0.6) is 0 Å². The third-order valence-corrected chi connectivity index (χ3v) is 5.65. The maximum Gasteiger partial charge on any atom is 0.308 e. The van der Waals surface area contributed by atoms with Crippen LogP contribution in [0.3, 0.4) is 0 Å². The molecule has 0 aliphatic carbocycles. The van der Waals surface area contributed by atoms with Crippen molar-refractivity contribution in [3.8, 4) is 11.3 Å². The van der Waals surface area contributed by atoms with E-state index in [0.29, 0.717) is 0 Å². The number of aryl methyl sites for hydroxylation is 3. The molecular weight excluding hydrogens is 320 g/mol. The second kappa shape index (κ2) is 6.93. The zero-order valence-electron chi connectivity index (χ0n) is 14.6. The SMILES string of the molecule is Cc1cc(C)c(-c2nc(N3CCCCC3)sc2CC(=O)O)c(C)c1. The van der Waals surface area contributed by atoms with Gasteiger partial charge in [0.15, 0.2) is 5.13 Å². The molecule has 24 heavy (non-hydrogen) atoms. The maximum absolute atomic E-state index is 11.3. The highest BCUT2D eigenvalue weighted by atomic mass is 32.1. The lowest BCUT2D eigenvalue weighted by atomic mass is 9.96. The first-order chi connectivity index (χ1) is 11.5. The Bertz CT molecular complexity index is 738. The number of hydrogen-bond acceptors (Lipinski definition) is 4. The van der Waals surface area contributed by atoms with Crippen molar-refractivity contribution in [2.75, 3.05) is 18.0 Å². The first-order valence-electron chi connectivity index (χ1n) is 8.50. The van der Waals surface area contributed by atoms with Crippen LogP contribution in [0.4, 0.5) is 5.13 Å². The van der Waals surface area contributed by atoms with Gasteiger partial charge in [0, 0.05) is 23.5 Å². The predicted octanol–water partition coefficient (Wildman–Crippen LogP) is 4.35. The predicted molar refractivity (Wildman–Crippen MR) is 99.2 cm³/mol. The molecule has 0 saturated carbocycles. The summed E-state index contributed by atoms with van der Waals surface area (Å²) in [6, 6.07) is 4.29. The normalized spacial score (nSPS) is 14.9. The number of carboxylic acid groups (broad SMARTS) is 1. The minimum absolute atomic E-state index is 0.0353. The second-order valence-electron chi connectivity index (χ2n) is 6.66. The van der Waals surface area contributed by atoms with Crippen LogP contribution < -0.4 is 4.90 Å². The van der Waals surface area contributed by atoms with Crippen molar-refractivity contribution in [2.24, 2.45) is 0 Å². The number of rotatable bonds is 4. The number of nitrogens with zero attached hydrogens (tertiary/aromatic N) is 2. The summed E-state index contributed by atoms with van der Waals surface area (Å²) >= 11 is 1.54. The van der Waals surface area contributed by atoms with E-state index in [2.05, 4.69) is 37.8 Å². The van der Waals surface area contributed by atoms with Gasteiger partial charge < -0.3 is 10.0 Å². The third-order valence-electron chi connectivity index (χ3n) is 4.54. The monoisotopic (exact) mass is 344 g/mol. The van der Waals surface area contributed by atoms with E-state index in [0.717, 1.165) is 45.5 Å². The van der Waals surface area contributed by atoms with Crippen molar-refractivity contribution in [1.29, 1.82) is 0 Å². The number of piperidine rings is 1. The molecule has 0 bridgehead atoms. The van der Waals surface area contributed by atoms with Crippen LogP contribution in [0.15, 0.2) is 12.1 Å². The summed E-state index contributed by atoms with van der Waals surface area (Å²) in [5.41, 5.74) is 5.50. The number of anilines is 1. The Morgan fingerprint density at radius 3 is 2.38 bits per heavy atom. The van der Waals surface area contributed by atoms with E-state index < -0.39 is 5.97 Å². The number of hydrogen-bond donors (Lipinski definition) is 1. The van der Waals surface area contributed by atoms with Crippen molar-refractivity contribution >= 4 is 22.4 Å². The molecule has 128 valence electrons. The van der Waals surface area contributed by atoms with Gasteiger partial charge in [0.25, 0.3) is 0 Å². The molecule has 3 rings (SSSR count). The Hall–Kier alpha value is -1.88. The molecule has 2 aromatic rings. The highest BCUT2D eigenvalue weighted by Gasteiger charge is 2.22. The van der Waals surface area contributed by atoms with Crippen molar-refractivity contribution in [3.63, 3.8) is 0 Å². The van der Waals surface area contributed by atoms with Crippen molar-refractivity contribution in [1.82, 2.24) is 4.98 Å². The highest BCUT2D eigenvalue weighted by molar-refractivity contribution is 7.16. The molecule has 0 amide bonds. The molecular formula is C19H24N2O2S. The molecule has 0 atom stereocenters. The number of benzene rings is 1. The fourth-order valence-electron chi connectivity index (χ4n) is 3.57. The quantitative estimate of drug-likeness (QED) is 0.896. The molecule has 4 nitrogen and oxygen atoms in total. The molecule has 1 aliphatic rings. The van der Waals surface area contributed by atoms with Crippen LogP contribution in [0.1, 0.15) is 40.8 Å². The summed E-state index contributed by atoms with van der Waals surface area (Å²) in [5.74, 6) is -0.799. The van der Waals surface area contributed by atoms with Gasteiger partial charge in [0.2, 0.25) is 0 Å². The number of aromatic nitrogens is 1. The van der Waals surface area contributed by atoms with E-state index in [1.165, 1.54) is 24.8 Å². The molecule has 0 spiro atoms. The van der Waals surface area contributed by atoms with E-state index in [-0.39, 0.29) is 6.42 Å². The van der Waals surface area contributed by atoms with Crippen LogP contribution in [-0.2, 0) is 11.2 Å². The average Bonchev–Trinajstić information content (AvgIpc) is 2.90. The van der Waals surface area contributed by atoms with Crippen molar-refractivity contribution in [2.45, 2.75) is 46.5 Å². The van der Waals surface area contributed by atoms with E-state index in [4.69, 9.17) is 4.98 Å². The Morgan fingerprint density at radius 2 is 1.79 bits per heavy atom. The van der Waals surface area contributed by atoms with Gasteiger partial charge in [-0.3, -0.25) is 4.79 Å². The molecule has 2 heterocycles. The van der Waals surface area contributed by atoms with Crippen LogP contribution in [0.25, 0.3) is 11.3 Å². The van der Waals surface area contributed by atoms with Gasteiger partial charge in [-0.05, 0) is 51.2 Å². The van der Waals surface area contributed by atoms with Gasteiger partial charge in [0.1, 0.15) is 0 Å². The zero-order chi connectivity index (χ0) is 17.3. The molecule has 0 radical (unpaired) electrons. The summed E-state index contributed by atoms with van der Waals surface area (Å²) in [5, 5.41) is 10.3. The molecule has 1 saturated heterocycles. The van der Waals surface area contributed by atoms with Gasteiger partial charge >= 0.3 is 5.97 Å². The molecule has 0 unspecified atom stereocenters. The van der Waals surface area contributed by atoms with Gasteiger partial charge in [-0.15, -0.1) is 11.3 Å². The number of thiazole rings is 1. The van der Waals surface area contributed by atoms with Crippen LogP contribution in [-0.4, -0.2) is 29.1 Å². The summed E-state index contributed by atoms with van der Waals surface area (Å²) in [6.45, 7) is 8.29. The summed E-state index contributed by atoms with van der Waals surface area (Å²) in [6.07, 6.45) is 3.68. The molecule has 5 heteroatoms. The maximum atomic E-state index is 11.3. The van der Waals surface area contributed by atoms with Crippen molar-refractivity contribution < 1.29 is 9.90 Å². The van der Waals surface area contributed by atoms with E-state index >= 15 is 0 Å². The lowest BCUT2D eigenvalue weighted by Gasteiger charge is -2.25. The van der Waals surface area contributed by atoms with Gasteiger partial charge in [0.05, 0.1) is 12.1 Å². The standard InChI is InChI=1S/C19H24N2O2S/c1-12-9-13(2)17(14(3)10-12)18-15(11-16(22)23)24-19(20-18)21-7-5-4-6-8-21/h9-10H,4-8,11H2,1-3H3,(H,22,23). The summed E-state index contributed by atoms with van der Waals surface area (Å²) in [4.78, 5) is 19.4. The number of aliphatic carboxylic acids is 1. The number of carboxylic acids is 1. The average molecular weight is 344 g/mol. The minimum atomic E-state index is -0.799. The van der Waals surface area contributed by atoms with Crippen LogP contribution in [0.2, 0.25) is 0 Å². The Labute approximate surface area is 147 Å². The second-order valence-corrected chi connectivity index (χ2v) is 7.72. The minimum Gasteiger partial charge on any atom is -0.481 e. The topological polar surface area (TPSA) is 53.4 Å². The lowest BCUT2D eigenvalue weighted by molar-refractivity contribution is -0.136. The summed E-state index contributed by atoms with van der Waals surface area (Å²) < 4.78 is 0. The van der Waals surface area contributed by atoms with Crippen molar-refractivity contribution in [3.05, 3.63) is 33.7 Å². The molecule has 1 N–H and O–H groups in total. The van der Waals surface area contributed by atoms with E-state index in [9.17, 15) is 9.90 Å². The smallest absolute Gasteiger partial charge is 0.308 e. The van der Waals surface area contributed by atoms with Gasteiger partial charge in [-0.25, -0.2) is 4.98 Å². The Morgan fingerprint density at radius 1 is 1.17 bits per heavy atom. The van der Waals surface area contributed by atoms with E-state index in [1.54, 1.807) is 11.3 Å². The van der Waals surface area contributed by atoms with Gasteiger partial charge in [-0.1, -0.05) is 17.7 Å². The summed E-state index contributed by atoms with van der Waals surface area (Å²) in [7, 11) is 0. The molecule has 1 aliphatic heterocycles. The fraction of sp³-hybridized carbons (Fsp3) is 0.474. The van der Waals surface area contributed by atoms with Crippen LogP contribution in [0, 0.1) is 20.8 Å².